The quantitative estimate of drug-likeness (QED) is 0.372. The number of rotatable bonds is 4. The Hall–Kier alpha value is -1.03. The SMILES string of the molecule is COC1C(O)C(C)OC(O[C@H]2CC[C@@]3(C)[C@H](CC[C@@H]4[C@@H]3CC[C@]3(C)[C@@H](C5=CC(=O)OC5)CC[C@]43O)C2)C1O. The summed E-state index contributed by atoms with van der Waals surface area (Å²) in [5.41, 5.74) is 0.300. The van der Waals surface area contributed by atoms with Crippen LogP contribution in [0.2, 0.25) is 0 Å². The van der Waals surface area contributed by atoms with Crippen LogP contribution in [0.5, 0.6) is 0 Å². The Morgan fingerprint density at radius 1 is 1.00 bits per heavy atom. The van der Waals surface area contributed by atoms with E-state index in [0.717, 1.165) is 63.4 Å². The Labute approximate surface area is 226 Å². The summed E-state index contributed by atoms with van der Waals surface area (Å²) in [5.74, 6) is 1.22. The Kier molecular flexibility index (Phi) is 6.80. The van der Waals surface area contributed by atoms with Gasteiger partial charge in [0, 0.05) is 18.6 Å². The molecule has 0 aromatic rings. The number of methoxy groups -OCH3 is 1. The lowest BCUT2D eigenvalue weighted by Gasteiger charge is -2.64. The second-order valence-corrected chi connectivity index (χ2v) is 13.7. The lowest BCUT2D eigenvalue weighted by molar-refractivity contribution is -0.313. The van der Waals surface area contributed by atoms with Gasteiger partial charge in [0.05, 0.1) is 17.8 Å². The molecule has 214 valence electrons. The highest BCUT2D eigenvalue weighted by atomic mass is 16.7. The molecule has 38 heavy (non-hydrogen) atoms. The molecule has 4 saturated carbocycles. The monoisotopic (exact) mass is 534 g/mol. The molecule has 2 aliphatic heterocycles. The Morgan fingerprint density at radius 2 is 1.79 bits per heavy atom. The van der Waals surface area contributed by atoms with Crippen molar-refractivity contribution in [2.24, 2.45) is 34.5 Å². The van der Waals surface area contributed by atoms with Crippen LogP contribution in [0.3, 0.4) is 0 Å². The number of aliphatic hydroxyl groups excluding tert-OH is 2. The Balaban J connectivity index is 1.16. The van der Waals surface area contributed by atoms with Gasteiger partial charge < -0.3 is 34.3 Å². The summed E-state index contributed by atoms with van der Waals surface area (Å²) < 4.78 is 22.8. The first kappa shape index (κ1) is 27.2. The summed E-state index contributed by atoms with van der Waals surface area (Å²) in [6.45, 7) is 6.87. The summed E-state index contributed by atoms with van der Waals surface area (Å²) in [7, 11) is 1.49. The molecule has 1 saturated heterocycles. The fraction of sp³-hybridized carbons (Fsp3) is 0.900. The number of carbonyl (C=O) groups is 1. The van der Waals surface area contributed by atoms with Crippen molar-refractivity contribution in [1.29, 1.82) is 0 Å². The molecule has 0 spiro atoms. The average Bonchev–Trinajstić information content (AvgIpc) is 3.43. The van der Waals surface area contributed by atoms with E-state index in [4.69, 9.17) is 18.9 Å². The molecule has 0 amide bonds. The fourth-order valence-electron chi connectivity index (χ4n) is 10.1. The third-order valence-electron chi connectivity index (χ3n) is 12.3. The molecule has 2 heterocycles. The highest BCUT2D eigenvalue weighted by Crippen LogP contribution is 2.70. The molecule has 4 aliphatic carbocycles. The van der Waals surface area contributed by atoms with Gasteiger partial charge in [0.15, 0.2) is 6.29 Å². The molecule has 8 heteroatoms. The summed E-state index contributed by atoms with van der Waals surface area (Å²) >= 11 is 0. The van der Waals surface area contributed by atoms with Gasteiger partial charge in [0.25, 0.3) is 0 Å². The number of fused-ring (bicyclic) bond motifs is 5. The van der Waals surface area contributed by atoms with Crippen LogP contribution in [0, 0.1) is 34.5 Å². The standard InChI is InChI=1S/C30H46O8/c1-16-24(32)26(35-4)25(33)27(37-16)38-19-7-10-28(2)18(14-19)5-6-22-21(28)8-11-29(3)20(9-12-30(22,29)34)17-13-23(31)36-15-17/h13,16,18-22,24-27,32-34H,5-12,14-15H2,1-4H3/t16?,18-,19+,20-,21+,22-,24?,25?,26?,27?,28+,29-,30+/m1/s1. The van der Waals surface area contributed by atoms with Crippen LogP contribution < -0.4 is 0 Å². The first-order chi connectivity index (χ1) is 18.0. The maximum atomic E-state index is 12.4. The van der Waals surface area contributed by atoms with E-state index in [2.05, 4.69) is 13.8 Å². The van der Waals surface area contributed by atoms with Gasteiger partial charge in [-0.25, -0.2) is 4.79 Å². The van der Waals surface area contributed by atoms with E-state index in [1.54, 1.807) is 13.0 Å². The van der Waals surface area contributed by atoms with Crippen LogP contribution in [-0.2, 0) is 23.7 Å². The molecular weight excluding hydrogens is 488 g/mol. The third-order valence-corrected chi connectivity index (χ3v) is 12.3. The summed E-state index contributed by atoms with van der Waals surface area (Å²) in [4.78, 5) is 11.8. The first-order valence-corrected chi connectivity index (χ1v) is 14.8. The number of esters is 1. The van der Waals surface area contributed by atoms with Crippen molar-refractivity contribution in [3.8, 4) is 0 Å². The van der Waals surface area contributed by atoms with Crippen LogP contribution in [-0.4, -0.2) is 77.4 Å². The maximum absolute atomic E-state index is 12.4. The molecule has 0 bridgehead atoms. The largest absolute Gasteiger partial charge is 0.458 e. The zero-order valence-electron chi connectivity index (χ0n) is 23.3. The molecule has 5 unspecified atom stereocenters. The number of hydrogen-bond acceptors (Lipinski definition) is 8. The van der Waals surface area contributed by atoms with Crippen LogP contribution in [0.1, 0.15) is 78.6 Å². The van der Waals surface area contributed by atoms with Gasteiger partial charge in [-0.2, -0.15) is 0 Å². The number of carbonyl (C=O) groups excluding carboxylic acids is 1. The highest BCUT2D eigenvalue weighted by Gasteiger charge is 2.67. The van der Waals surface area contributed by atoms with E-state index in [1.165, 1.54) is 7.11 Å². The van der Waals surface area contributed by atoms with Gasteiger partial charge in [-0.15, -0.1) is 0 Å². The second-order valence-electron chi connectivity index (χ2n) is 13.7. The fourth-order valence-corrected chi connectivity index (χ4v) is 10.1. The molecule has 3 N–H and O–H groups in total. The predicted octanol–water partition coefficient (Wildman–Crippen LogP) is 3.11. The minimum absolute atomic E-state index is 0.0103. The molecular formula is C30H46O8. The molecule has 6 rings (SSSR count). The van der Waals surface area contributed by atoms with Gasteiger partial charge in [-0.1, -0.05) is 13.8 Å². The second kappa shape index (κ2) is 9.52. The van der Waals surface area contributed by atoms with Gasteiger partial charge in [-0.05, 0) is 99.4 Å². The van der Waals surface area contributed by atoms with E-state index in [9.17, 15) is 20.1 Å². The Bertz CT molecular complexity index is 968. The molecule has 5 fully saturated rings. The van der Waals surface area contributed by atoms with E-state index < -0.39 is 36.3 Å². The van der Waals surface area contributed by atoms with Crippen molar-refractivity contribution in [3.63, 3.8) is 0 Å². The van der Waals surface area contributed by atoms with Crippen molar-refractivity contribution >= 4 is 5.97 Å². The van der Waals surface area contributed by atoms with Crippen LogP contribution in [0.25, 0.3) is 0 Å². The summed E-state index contributed by atoms with van der Waals surface area (Å²) in [5, 5.41) is 33.5. The molecule has 0 aromatic heterocycles. The van der Waals surface area contributed by atoms with Gasteiger partial charge in [0.2, 0.25) is 0 Å². The van der Waals surface area contributed by atoms with Crippen molar-refractivity contribution in [2.75, 3.05) is 13.7 Å². The molecule has 8 nitrogen and oxygen atoms in total. The lowest BCUT2D eigenvalue weighted by atomic mass is 9.43. The highest BCUT2D eigenvalue weighted by molar-refractivity contribution is 5.85. The number of hydrogen-bond donors (Lipinski definition) is 3. The van der Waals surface area contributed by atoms with Crippen molar-refractivity contribution in [3.05, 3.63) is 11.6 Å². The van der Waals surface area contributed by atoms with E-state index in [1.807, 2.05) is 0 Å². The summed E-state index contributed by atoms with van der Waals surface area (Å²) in [6, 6.07) is 0. The molecule has 0 radical (unpaired) electrons. The zero-order chi connectivity index (χ0) is 27.0. The third kappa shape index (κ3) is 3.88. The topological polar surface area (TPSA) is 115 Å². The van der Waals surface area contributed by atoms with Gasteiger partial charge in [0.1, 0.15) is 24.9 Å². The zero-order valence-corrected chi connectivity index (χ0v) is 23.3. The number of aliphatic hydroxyl groups is 3. The summed E-state index contributed by atoms with van der Waals surface area (Å²) in [6.07, 6.45) is 6.45. The number of cyclic esters (lactones) is 1. The van der Waals surface area contributed by atoms with E-state index in [-0.39, 0.29) is 34.7 Å². The predicted molar refractivity (Wildman–Crippen MR) is 138 cm³/mol. The number of ether oxygens (including phenoxy) is 4. The van der Waals surface area contributed by atoms with Crippen LogP contribution in [0.4, 0.5) is 0 Å². The van der Waals surface area contributed by atoms with Crippen LogP contribution in [0.15, 0.2) is 11.6 Å². The lowest BCUT2D eigenvalue weighted by Crippen LogP contribution is -2.62. The van der Waals surface area contributed by atoms with Gasteiger partial charge >= 0.3 is 5.97 Å². The van der Waals surface area contributed by atoms with E-state index in [0.29, 0.717) is 18.4 Å². The van der Waals surface area contributed by atoms with E-state index >= 15 is 0 Å². The minimum atomic E-state index is -1.04. The Morgan fingerprint density at radius 3 is 2.50 bits per heavy atom. The first-order valence-electron chi connectivity index (χ1n) is 14.8. The van der Waals surface area contributed by atoms with Crippen molar-refractivity contribution in [2.45, 2.75) is 121 Å². The minimum Gasteiger partial charge on any atom is -0.458 e. The molecule has 0 aromatic carbocycles. The van der Waals surface area contributed by atoms with Crippen LogP contribution >= 0.6 is 0 Å². The maximum Gasteiger partial charge on any atom is 0.331 e. The van der Waals surface area contributed by atoms with Gasteiger partial charge in [-0.3, -0.25) is 0 Å². The average molecular weight is 535 g/mol. The molecule has 6 aliphatic rings. The smallest absolute Gasteiger partial charge is 0.331 e. The normalized spacial score (nSPS) is 54.5. The molecule has 13 atom stereocenters. The van der Waals surface area contributed by atoms with Crippen molar-refractivity contribution in [1.82, 2.24) is 0 Å². The van der Waals surface area contributed by atoms with Crippen molar-refractivity contribution < 1.29 is 39.1 Å².